The summed E-state index contributed by atoms with van der Waals surface area (Å²) in [5.41, 5.74) is 2.29. The number of hydrogen-bond acceptors (Lipinski definition) is 8. The van der Waals surface area contributed by atoms with Gasteiger partial charge in [0.15, 0.2) is 12.3 Å². The number of nitrogens with one attached hydrogen (secondary N) is 2. The van der Waals surface area contributed by atoms with E-state index >= 15 is 0 Å². The minimum Gasteiger partial charge on any atom is -0.482 e. The van der Waals surface area contributed by atoms with Gasteiger partial charge < -0.3 is 24.8 Å². The van der Waals surface area contributed by atoms with Gasteiger partial charge in [0.05, 0.1) is 11.8 Å². The lowest BCUT2D eigenvalue weighted by atomic mass is 10.1. The number of carbonyl (C=O) groups is 2. The van der Waals surface area contributed by atoms with E-state index in [2.05, 4.69) is 20.7 Å². The molecule has 2 aromatic heterocycles. The van der Waals surface area contributed by atoms with Crippen molar-refractivity contribution in [2.24, 2.45) is 0 Å². The number of ether oxygens (including phenoxy) is 2. The minimum atomic E-state index is -4.60. The first-order valence-electron chi connectivity index (χ1n) is 13.3. The average Bonchev–Trinajstić information content (AvgIpc) is 3.31. The summed E-state index contributed by atoms with van der Waals surface area (Å²) in [6, 6.07) is 14.7. The third kappa shape index (κ3) is 7.52. The summed E-state index contributed by atoms with van der Waals surface area (Å²) in [4.78, 5) is 30.4. The number of halogens is 3. The van der Waals surface area contributed by atoms with E-state index in [0.717, 1.165) is 11.1 Å². The zero-order valence-electron chi connectivity index (χ0n) is 23.5. The summed E-state index contributed by atoms with van der Waals surface area (Å²) in [5.74, 6) is -0.541. The number of aromatic nitrogens is 3. The molecule has 14 heteroatoms. The molecule has 11 nitrogen and oxygen atoms in total. The Balaban J connectivity index is 1.33. The Labute approximate surface area is 244 Å². The monoisotopic (exact) mass is 598 g/mol. The fourth-order valence-corrected chi connectivity index (χ4v) is 4.24. The van der Waals surface area contributed by atoms with Gasteiger partial charge in [-0.2, -0.15) is 18.2 Å². The Morgan fingerprint density at radius 3 is 2.37 bits per heavy atom. The number of anilines is 3. The fourth-order valence-electron chi connectivity index (χ4n) is 4.24. The van der Waals surface area contributed by atoms with E-state index in [1.165, 1.54) is 27.6 Å². The fraction of sp³-hybridized carbons (Fsp3) is 0.310. The first-order valence-corrected chi connectivity index (χ1v) is 13.3. The smallest absolute Gasteiger partial charge is 0.422 e. The predicted molar refractivity (Wildman–Crippen MR) is 151 cm³/mol. The van der Waals surface area contributed by atoms with Gasteiger partial charge in [-0.1, -0.05) is 12.1 Å². The summed E-state index contributed by atoms with van der Waals surface area (Å²) in [5, 5.41) is 19.4. The standard InChI is InChI=1S/C29H29F3N6O5/c1-28(2,3)43-27(41)33-20-8-4-17(5-9-20)19-7-11-24-35-26(36-38(24)13-19)34-22-10-6-18(25(40)37-14-21(39)15-37)12-23(22)42-16-29(30,31)32/h4-13,21,39H,14-16H2,1-3H3,(H,33,41)(H,34,36). The molecule has 0 unspecified atom stereocenters. The van der Waals surface area contributed by atoms with Crippen LogP contribution < -0.4 is 15.4 Å². The molecule has 5 rings (SSSR count). The van der Waals surface area contributed by atoms with Crippen LogP contribution in [-0.4, -0.2) is 74.2 Å². The van der Waals surface area contributed by atoms with Crippen LogP contribution >= 0.6 is 0 Å². The van der Waals surface area contributed by atoms with E-state index in [4.69, 9.17) is 9.47 Å². The van der Waals surface area contributed by atoms with Crippen LogP contribution in [0.3, 0.4) is 0 Å². The molecule has 0 aliphatic carbocycles. The largest absolute Gasteiger partial charge is 0.482 e. The van der Waals surface area contributed by atoms with Gasteiger partial charge >= 0.3 is 12.3 Å². The van der Waals surface area contributed by atoms with E-state index in [-0.39, 0.29) is 36.0 Å². The van der Waals surface area contributed by atoms with Crippen molar-refractivity contribution < 1.29 is 37.3 Å². The Bertz CT molecular complexity index is 1640. The Morgan fingerprint density at radius 1 is 1.02 bits per heavy atom. The van der Waals surface area contributed by atoms with Crippen molar-refractivity contribution in [2.75, 3.05) is 30.3 Å². The van der Waals surface area contributed by atoms with Crippen molar-refractivity contribution in [3.8, 4) is 16.9 Å². The van der Waals surface area contributed by atoms with Crippen molar-refractivity contribution >= 4 is 35.0 Å². The third-order valence-electron chi connectivity index (χ3n) is 6.21. The molecule has 226 valence electrons. The maximum absolute atomic E-state index is 12.9. The van der Waals surface area contributed by atoms with Crippen LogP contribution in [0, 0.1) is 0 Å². The van der Waals surface area contributed by atoms with Crippen molar-refractivity contribution in [1.29, 1.82) is 0 Å². The Morgan fingerprint density at radius 2 is 1.72 bits per heavy atom. The number of β-amino-alcohol motifs (C(OH)–C–C–N with tert-alkyl or cyclic N) is 1. The molecule has 1 saturated heterocycles. The lowest BCUT2D eigenvalue weighted by Gasteiger charge is -2.36. The maximum atomic E-state index is 12.9. The number of benzene rings is 2. The normalized spacial score (nSPS) is 13.9. The number of nitrogens with zero attached hydrogens (tertiary/aromatic N) is 4. The Hall–Kier alpha value is -4.85. The molecule has 0 atom stereocenters. The number of fused-ring (bicyclic) bond motifs is 1. The van der Waals surface area contributed by atoms with Crippen LogP contribution in [0.15, 0.2) is 60.8 Å². The number of rotatable bonds is 7. The van der Waals surface area contributed by atoms with E-state index in [9.17, 15) is 27.9 Å². The molecule has 2 amide bonds. The SMILES string of the molecule is CC(C)(C)OC(=O)Nc1ccc(-c2ccc3nc(Nc4ccc(C(=O)N5CC(O)C5)cc4OCC(F)(F)F)nn3c2)cc1. The van der Waals surface area contributed by atoms with Gasteiger partial charge in [-0.3, -0.25) is 10.1 Å². The topological polar surface area (TPSA) is 130 Å². The molecular formula is C29H29F3N6O5. The molecule has 43 heavy (non-hydrogen) atoms. The van der Waals surface area contributed by atoms with Crippen LogP contribution in [0.4, 0.5) is 35.3 Å². The van der Waals surface area contributed by atoms with Gasteiger partial charge in [-0.05, 0) is 68.8 Å². The van der Waals surface area contributed by atoms with Gasteiger partial charge in [-0.25, -0.2) is 9.31 Å². The van der Waals surface area contributed by atoms with Crippen LogP contribution in [-0.2, 0) is 4.74 Å². The van der Waals surface area contributed by atoms with Crippen molar-refractivity contribution in [1.82, 2.24) is 19.5 Å². The van der Waals surface area contributed by atoms with E-state index in [1.807, 2.05) is 18.2 Å². The van der Waals surface area contributed by atoms with Gasteiger partial charge in [0, 0.05) is 36.1 Å². The van der Waals surface area contributed by atoms with E-state index in [0.29, 0.717) is 11.3 Å². The molecule has 2 aromatic carbocycles. The first kappa shape index (κ1) is 29.6. The second kappa shape index (κ2) is 11.4. The number of aliphatic hydroxyl groups is 1. The second-order valence-corrected chi connectivity index (χ2v) is 11.0. The molecule has 0 radical (unpaired) electrons. The van der Waals surface area contributed by atoms with Crippen molar-refractivity contribution in [3.05, 3.63) is 66.4 Å². The van der Waals surface area contributed by atoms with Crippen LogP contribution in [0.1, 0.15) is 31.1 Å². The van der Waals surface area contributed by atoms with Crippen LogP contribution in [0.5, 0.6) is 5.75 Å². The average molecular weight is 599 g/mol. The van der Waals surface area contributed by atoms with Gasteiger partial charge in [0.2, 0.25) is 5.95 Å². The Kier molecular flexibility index (Phi) is 7.88. The van der Waals surface area contributed by atoms with E-state index in [1.54, 1.807) is 45.2 Å². The molecule has 0 spiro atoms. The summed E-state index contributed by atoms with van der Waals surface area (Å²) in [6.07, 6.45) is -4.05. The highest BCUT2D eigenvalue weighted by atomic mass is 19.4. The molecule has 3 heterocycles. The number of amides is 2. The van der Waals surface area contributed by atoms with Gasteiger partial charge in [0.25, 0.3) is 5.91 Å². The lowest BCUT2D eigenvalue weighted by Crippen LogP contribution is -2.53. The lowest BCUT2D eigenvalue weighted by molar-refractivity contribution is -0.153. The summed E-state index contributed by atoms with van der Waals surface area (Å²) < 4.78 is 50.6. The van der Waals surface area contributed by atoms with Crippen LogP contribution in [0.25, 0.3) is 16.8 Å². The highest BCUT2D eigenvalue weighted by molar-refractivity contribution is 5.96. The molecule has 1 fully saturated rings. The van der Waals surface area contributed by atoms with Gasteiger partial charge in [0.1, 0.15) is 11.4 Å². The minimum absolute atomic E-state index is 0.0934. The number of likely N-dealkylation sites (tertiary alicyclic amines) is 1. The number of aliphatic hydroxyl groups excluding tert-OH is 1. The summed E-state index contributed by atoms with van der Waals surface area (Å²) >= 11 is 0. The second-order valence-electron chi connectivity index (χ2n) is 11.0. The summed E-state index contributed by atoms with van der Waals surface area (Å²) in [7, 11) is 0. The molecule has 1 aliphatic rings. The zero-order chi connectivity index (χ0) is 30.9. The number of alkyl halides is 3. The van der Waals surface area contributed by atoms with Crippen molar-refractivity contribution in [3.63, 3.8) is 0 Å². The van der Waals surface area contributed by atoms with Crippen molar-refractivity contribution in [2.45, 2.75) is 38.7 Å². The zero-order valence-corrected chi connectivity index (χ0v) is 23.5. The molecular weight excluding hydrogens is 569 g/mol. The number of pyridine rings is 1. The molecule has 1 aliphatic heterocycles. The van der Waals surface area contributed by atoms with Gasteiger partial charge in [-0.15, -0.1) is 5.10 Å². The third-order valence-corrected chi connectivity index (χ3v) is 6.21. The first-order chi connectivity index (χ1) is 20.2. The summed E-state index contributed by atoms with van der Waals surface area (Å²) in [6.45, 7) is 4.07. The van der Waals surface area contributed by atoms with E-state index < -0.39 is 36.5 Å². The number of carbonyl (C=O) groups excluding carboxylic acids is 2. The highest BCUT2D eigenvalue weighted by Crippen LogP contribution is 2.31. The maximum Gasteiger partial charge on any atom is 0.422 e. The molecule has 4 aromatic rings. The highest BCUT2D eigenvalue weighted by Gasteiger charge is 2.31. The molecule has 0 bridgehead atoms. The number of hydrogen-bond donors (Lipinski definition) is 3. The predicted octanol–water partition coefficient (Wildman–Crippen LogP) is 5.24. The molecule has 3 N–H and O–H groups in total. The van der Waals surface area contributed by atoms with Crippen LogP contribution in [0.2, 0.25) is 0 Å². The quantitative estimate of drug-likeness (QED) is 0.263. The molecule has 0 saturated carbocycles.